The fraction of sp³-hybridized carbons (Fsp3) is 0.389. The number of benzene rings is 1. The first-order valence-corrected chi connectivity index (χ1v) is 7.74. The van der Waals surface area contributed by atoms with E-state index in [4.69, 9.17) is 11.6 Å². The Kier molecular flexibility index (Phi) is 4.89. The van der Waals surface area contributed by atoms with Gasteiger partial charge >= 0.3 is 0 Å². The number of ketones is 1. The van der Waals surface area contributed by atoms with Gasteiger partial charge in [0.1, 0.15) is 0 Å². The lowest BCUT2D eigenvalue weighted by molar-refractivity contribution is 0.0991. The Morgan fingerprint density at radius 3 is 2.57 bits per heavy atom. The molecule has 0 aliphatic heterocycles. The molecule has 0 fully saturated rings. The van der Waals surface area contributed by atoms with Gasteiger partial charge in [-0.25, -0.2) is 0 Å². The highest BCUT2D eigenvalue weighted by Gasteiger charge is 2.19. The molecule has 0 aliphatic rings. The van der Waals surface area contributed by atoms with E-state index in [1.807, 2.05) is 19.9 Å². The summed E-state index contributed by atoms with van der Waals surface area (Å²) in [6, 6.07) is 10.5. The zero-order chi connectivity index (χ0) is 15.6. The van der Waals surface area contributed by atoms with E-state index in [-0.39, 0.29) is 5.78 Å². The average molecular weight is 304 g/mol. The van der Waals surface area contributed by atoms with Crippen molar-refractivity contribution in [1.82, 2.24) is 4.57 Å². The number of hydrogen-bond acceptors (Lipinski definition) is 1. The lowest BCUT2D eigenvalue weighted by atomic mass is 10.1. The fourth-order valence-electron chi connectivity index (χ4n) is 2.72. The Morgan fingerprint density at radius 1 is 1.24 bits per heavy atom. The van der Waals surface area contributed by atoms with Crippen LogP contribution in [0.1, 0.15) is 39.8 Å². The van der Waals surface area contributed by atoms with Gasteiger partial charge < -0.3 is 4.57 Å². The molecule has 1 atom stereocenters. The van der Waals surface area contributed by atoms with Crippen LogP contribution in [0.2, 0.25) is 0 Å². The van der Waals surface area contributed by atoms with Crippen LogP contribution in [-0.2, 0) is 13.0 Å². The van der Waals surface area contributed by atoms with E-state index in [0.29, 0.717) is 0 Å². The van der Waals surface area contributed by atoms with Crippen LogP contribution in [0.4, 0.5) is 0 Å². The molecule has 112 valence electrons. The second-order valence-corrected chi connectivity index (χ2v) is 6.31. The van der Waals surface area contributed by atoms with E-state index >= 15 is 0 Å². The molecule has 2 aromatic rings. The van der Waals surface area contributed by atoms with Gasteiger partial charge in [-0.3, -0.25) is 4.79 Å². The van der Waals surface area contributed by atoms with Gasteiger partial charge in [0.25, 0.3) is 0 Å². The number of Topliss-reactive ketones (excluding diaryl/α,β-unsaturated/α-hetero) is 1. The zero-order valence-electron chi connectivity index (χ0n) is 13.1. The zero-order valence-corrected chi connectivity index (χ0v) is 13.9. The Balaban J connectivity index is 2.19. The van der Waals surface area contributed by atoms with Gasteiger partial charge in [-0.05, 0) is 45.7 Å². The topological polar surface area (TPSA) is 22.0 Å². The molecule has 1 aromatic carbocycles. The van der Waals surface area contributed by atoms with Crippen LogP contribution in [0, 0.1) is 20.8 Å². The summed E-state index contributed by atoms with van der Waals surface area (Å²) >= 11 is 5.93. The quantitative estimate of drug-likeness (QED) is 0.590. The molecule has 0 bridgehead atoms. The minimum absolute atomic E-state index is 0.00609. The Bertz CT molecular complexity index is 655. The minimum Gasteiger partial charge on any atom is -0.348 e. The predicted octanol–water partition coefficient (Wildman–Crippen LogP) is 4.47. The normalized spacial score (nSPS) is 12.4. The van der Waals surface area contributed by atoms with Crippen molar-refractivity contribution in [2.75, 3.05) is 0 Å². The summed E-state index contributed by atoms with van der Waals surface area (Å²) in [6.07, 6.45) is 0.960. The maximum atomic E-state index is 12.1. The third-order valence-corrected chi connectivity index (χ3v) is 4.11. The molecule has 1 unspecified atom stereocenters. The Labute approximate surface area is 131 Å². The first kappa shape index (κ1) is 15.8. The molecule has 0 saturated heterocycles. The molecule has 1 aromatic heterocycles. The van der Waals surface area contributed by atoms with Crippen LogP contribution in [0.15, 0.2) is 30.3 Å². The number of rotatable bonds is 5. The van der Waals surface area contributed by atoms with Crippen LogP contribution in [0.5, 0.6) is 0 Å². The smallest absolute Gasteiger partial charge is 0.182 e. The summed E-state index contributed by atoms with van der Waals surface area (Å²) in [6.45, 7) is 8.75. The molecule has 0 radical (unpaired) electrons. The summed E-state index contributed by atoms with van der Waals surface area (Å²) in [5.74, 6) is 0.00609. The van der Waals surface area contributed by atoms with Gasteiger partial charge in [0.2, 0.25) is 0 Å². The van der Waals surface area contributed by atoms with E-state index in [2.05, 4.69) is 35.8 Å². The predicted molar refractivity (Wildman–Crippen MR) is 88.4 cm³/mol. The lowest BCUT2D eigenvalue weighted by Crippen LogP contribution is -2.12. The summed E-state index contributed by atoms with van der Waals surface area (Å²) in [4.78, 5) is 12.1. The van der Waals surface area contributed by atoms with Crippen molar-refractivity contribution in [3.63, 3.8) is 0 Å². The molecule has 1 heterocycles. The number of hydrogen-bond donors (Lipinski definition) is 0. The third kappa shape index (κ3) is 3.56. The standard InChI is InChI=1S/C18H22ClNO/c1-12-6-5-7-16(10-12)8-9-20-13(2)11-17(15(20)4)18(21)14(3)19/h5-7,10-11,14H,8-9H2,1-4H3. The number of alkyl halides is 1. The van der Waals surface area contributed by atoms with Crippen LogP contribution in [0.25, 0.3) is 0 Å². The summed E-state index contributed by atoms with van der Waals surface area (Å²) in [7, 11) is 0. The maximum absolute atomic E-state index is 12.1. The van der Waals surface area contributed by atoms with Gasteiger partial charge in [0.05, 0.1) is 5.38 Å². The number of nitrogens with zero attached hydrogens (tertiary/aromatic N) is 1. The Morgan fingerprint density at radius 2 is 1.95 bits per heavy atom. The van der Waals surface area contributed by atoms with Crippen molar-refractivity contribution in [2.24, 2.45) is 0 Å². The maximum Gasteiger partial charge on any atom is 0.182 e. The molecule has 0 spiro atoms. The summed E-state index contributed by atoms with van der Waals surface area (Å²) in [5.41, 5.74) is 5.47. The van der Waals surface area contributed by atoms with Gasteiger partial charge in [-0.15, -0.1) is 11.6 Å². The average Bonchev–Trinajstić information content (AvgIpc) is 2.71. The van der Waals surface area contributed by atoms with Crippen molar-refractivity contribution in [1.29, 1.82) is 0 Å². The largest absolute Gasteiger partial charge is 0.348 e. The second kappa shape index (κ2) is 6.48. The summed E-state index contributed by atoms with van der Waals surface area (Å²) < 4.78 is 2.20. The van der Waals surface area contributed by atoms with E-state index < -0.39 is 5.38 Å². The molecule has 0 amide bonds. The van der Waals surface area contributed by atoms with Crippen molar-refractivity contribution in [3.05, 3.63) is 58.4 Å². The van der Waals surface area contributed by atoms with E-state index in [1.54, 1.807) is 6.92 Å². The first-order chi connectivity index (χ1) is 9.90. The summed E-state index contributed by atoms with van der Waals surface area (Å²) in [5, 5.41) is -0.476. The van der Waals surface area contributed by atoms with Crippen LogP contribution >= 0.6 is 11.6 Å². The number of carbonyl (C=O) groups excluding carboxylic acids is 1. The minimum atomic E-state index is -0.476. The third-order valence-electron chi connectivity index (χ3n) is 3.91. The Hall–Kier alpha value is -1.54. The van der Waals surface area contributed by atoms with Gasteiger partial charge in [-0.2, -0.15) is 0 Å². The molecule has 2 nitrogen and oxygen atoms in total. The van der Waals surface area contributed by atoms with E-state index in [0.717, 1.165) is 29.9 Å². The number of halogens is 1. The number of carbonyl (C=O) groups is 1. The highest BCUT2D eigenvalue weighted by Crippen LogP contribution is 2.19. The van der Waals surface area contributed by atoms with Crippen molar-refractivity contribution < 1.29 is 4.79 Å². The monoisotopic (exact) mass is 303 g/mol. The lowest BCUT2D eigenvalue weighted by Gasteiger charge is -2.10. The molecule has 0 saturated carbocycles. The van der Waals surface area contributed by atoms with Crippen molar-refractivity contribution in [2.45, 2.75) is 46.0 Å². The first-order valence-electron chi connectivity index (χ1n) is 7.30. The highest BCUT2D eigenvalue weighted by atomic mass is 35.5. The van der Waals surface area contributed by atoms with Crippen molar-refractivity contribution >= 4 is 17.4 Å². The van der Waals surface area contributed by atoms with E-state index in [1.165, 1.54) is 11.1 Å². The molecule has 21 heavy (non-hydrogen) atoms. The molecule has 0 N–H and O–H groups in total. The molecule has 3 heteroatoms. The number of aryl methyl sites for hydroxylation is 3. The fourth-order valence-corrected chi connectivity index (χ4v) is 2.84. The van der Waals surface area contributed by atoms with Crippen LogP contribution < -0.4 is 0 Å². The van der Waals surface area contributed by atoms with E-state index in [9.17, 15) is 4.79 Å². The SMILES string of the molecule is Cc1cccc(CCn2c(C)cc(C(=O)C(C)Cl)c2C)c1. The highest BCUT2D eigenvalue weighted by molar-refractivity contribution is 6.33. The van der Waals surface area contributed by atoms with Crippen LogP contribution in [0.3, 0.4) is 0 Å². The molecule has 2 rings (SSSR count). The van der Waals surface area contributed by atoms with Crippen molar-refractivity contribution in [3.8, 4) is 0 Å². The molecular weight excluding hydrogens is 282 g/mol. The molecule has 0 aliphatic carbocycles. The van der Waals surface area contributed by atoms with Crippen LogP contribution in [-0.4, -0.2) is 15.7 Å². The second-order valence-electron chi connectivity index (χ2n) is 5.66. The molecular formula is C18H22ClNO. The van der Waals surface area contributed by atoms with Gasteiger partial charge in [0.15, 0.2) is 5.78 Å². The van der Waals surface area contributed by atoms with Gasteiger partial charge in [-0.1, -0.05) is 29.8 Å². The van der Waals surface area contributed by atoms with Gasteiger partial charge in [0, 0.05) is 23.5 Å². The number of aromatic nitrogens is 1.